The van der Waals surface area contributed by atoms with Crippen LogP contribution < -0.4 is 0 Å². The molecule has 1 aromatic heterocycles. The van der Waals surface area contributed by atoms with Gasteiger partial charge in [0.15, 0.2) is 6.54 Å². The van der Waals surface area contributed by atoms with Gasteiger partial charge >= 0.3 is 11.9 Å². The Labute approximate surface area is 104 Å². The van der Waals surface area contributed by atoms with Gasteiger partial charge < -0.3 is 9.47 Å². The first-order chi connectivity index (χ1) is 8.31. The van der Waals surface area contributed by atoms with E-state index in [4.69, 9.17) is 9.47 Å². The van der Waals surface area contributed by atoms with Crippen LogP contribution in [0.25, 0.3) is 0 Å². The number of aromatic nitrogens is 4. The summed E-state index contributed by atoms with van der Waals surface area (Å²) in [6.07, 6.45) is 0. The summed E-state index contributed by atoms with van der Waals surface area (Å²) in [4.78, 5) is 23.7. The van der Waals surface area contributed by atoms with Crippen LogP contribution in [0.1, 0.15) is 38.3 Å². The molecule has 0 atom stereocenters. The normalized spacial score (nSPS) is 11.1. The summed E-state index contributed by atoms with van der Waals surface area (Å²) in [7, 11) is 0. The highest BCUT2D eigenvalue weighted by Gasteiger charge is 2.19. The Morgan fingerprint density at radius 1 is 1.33 bits per heavy atom. The average molecular weight is 256 g/mol. The molecule has 0 amide bonds. The zero-order chi connectivity index (χ0) is 13.8. The third kappa shape index (κ3) is 4.48. The van der Waals surface area contributed by atoms with Crippen LogP contribution in [-0.2, 0) is 20.8 Å². The van der Waals surface area contributed by atoms with E-state index in [1.807, 2.05) is 0 Å². The van der Waals surface area contributed by atoms with Gasteiger partial charge in [-0.2, -0.15) is 4.80 Å². The molecule has 0 aliphatic heterocycles. The second-order valence-corrected chi connectivity index (χ2v) is 4.45. The molecule has 8 heteroatoms. The van der Waals surface area contributed by atoms with Crippen molar-refractivity contribution >= 4 is 11.9 Å². The molecule has 0 aliphatic carbocycles. The predicted molar refractivity (Wildman–Crippen MR) is 59.6 cm³/mol. The summed E-state index contributed by atoms with van der Waals surface area (Å²) in [6, 6.07) is 0. The standard InChI is InChI=1S/C10H16N4O4/c1-5-17-9(16)8-11-13-14(12-8)6-7(15)18-10(2,3)4/h5-6H2,1-4H3. The number of ether oxygens (including phenoxy) is 2. The van der Waals surface area contributed by atoms with Crippen LogP contribution >= 0.6 is 0 Å². The molecule has 1 heterocycles. The van der Waals surface area contributed by atoms with Crippen LogP contribution in [0.15, 0.2) is 0 Å². The number of esters is 2. The molecule has 0 spiro atoms. The van der Waals surface area contributed by atoms with E-state index in [1.54, 1.807) is 27.7 Å². The van der Waals surface area contributed by atoms with Gasteiger partial charge in [0.25, 0.3) is 5.82 Å². The molecule has 1 rings (SSSR count). The second kappa shape index (κ2) is 5.56. The van der Waals surface area contributed by atoms with E-state index < -0.39 is 17.5 Å². The molecular formula is C10H16N4O4. The van der Waals surface area contributed by atoms with Crippen molar-refractivity contribution in [2.45, 2.75) is 39.8 Å². The quantitative estimate of drug-likeness (QED) is 0.709. The van der Waals surface area contributed by atoms with E-state index >= 15 is 0 Å². The summed E-state index contributed by atoms with van der Waals surface area (Å²) in [5.41, 5.74) is -0.582. The van der Waals surface area contributed by atoms with Gasteiger partial charge in [0.1, 0.15) is 5.60 Å². The van der Waals surface area contributed by atoms with E-state index in [-0.39, 0.29) is 19.0 Å². The number of carbonyl (C=O) groups is 2. The zero-order valence-electron chi connectivity index (χ0n) is 10.8. The van der Waals surface area contributed by atoms with Gasteiger partial charge in [-0.25, -0.2) is 9.59 Å². The molecule has 0 saturated carbocycles. The molecule has 0 fully saturated rings. The molecule has 0 bridgehead atoms. The molecular weight excluding hydrogens is 240 g/mol. The van der Waals surface area contributed by atoms with Gasteiger partial charge in [0.2, 0.25) is 0 Å². The Balaban J connectivity index is 2.59. The molecule has 0 N–H and O–H groups in total. The molecule has 18 heavy (non-hydrogen) atoms. The van der Waals surface area contributed by atoms with Crippen molar-refractivity contribution < 1.29 is 19.1 Å². The maximum Gasteiger partial charge on any atom is 0.380 e. The first-order valence-electron chi connectivity index (χ1n) is 5.48. The van der Waals surface area contributed by atoms with Gasteiger partial charge in [0, 0.05) is 0 Å². The summed E-state index contributed by atoms with van der Waals surface area (Å²) in [5, 5.41) is 10.8. The van der Waals surface area contributed by atoms with Crippen molar-refractivity contribution in [3.8, 4) is 0 Å². The minimum Gasteiger partial charge on any atom is -0.460 e. The molecule has 0 unspecified atom stereocenters. The summed E-state index contributed by atoms with van der Waals surface area (Å²) in [5.74, 6) is -1.36. The van der Waals surface area contributed by atoms with E-state index in [9.17, 15) is 9.59 Å². The minimum atomic E-state index is -0.673. The molecule has 100 valence electrons. The van der Waals surface area contributed by atoms with E-state index in [0.717, 1.165) is 4.80 Å². The Bertz CT molecular complexity index is 435. The Kier molecular flexibility index (Phi) is 4.35. The minimum absolute atomic E-state index is 0.180. The monoisotopic (exact) mass is 256 g/mol. The molecule has 0 aromatic carbocycles. The lowest BCUT2D eigenvalue weighted by Crippen LogP contribution is -2.27. The third-order valence-electron chi connectivity index (χ3n) is 1.60. The maximum absolute atomic E-state index is 11.5. The Morgan fingerprint density at radius 2 is 2.00 bits per heavy atom. The highest BCUT2D eigenvalue weighted by molar-refractivity contribution is 5.84. The van der Waals surface area contributed by atoms with Gasteiger partial charge in [-0.05, 0) is 32.9 Å². The number of hydrogen-bond donors (Lipinski definition) is 0. The molecule has 8 nitrogen and oxygen atoms in total. The van der Waals surface area contributed by atoms with Crippen LogP contribution in [0.5, 0.6) is 0 Å². The van der Waals surface area contributed by atoms with E-state index in [1.165, 1.54) is 0 Å². The van der Waals surface area contributed by atoms with Gasteiger partial charge in [-0.3, -0.25) is 0 Å². The van der Waals surface area contributed by atoms with Crippen LogP contribution in [0.3, 0.4) is 0 Å². The van der Waals surface area contributed by atoms with Crippen LogP contribution in [0.4, 0.5) is 0 Å². The topological polar surface area (TPSA) is 96.2 Å². The smallest absolute Gasteiger partial charge is 0.380 e. The first-order valence-corrected chi connectivity index (χ1v) is 5.48. The number of nitrogens with zero attached hydrogens (tertiary/aromatic N) is 4. The molecule has 0 radical (unpaired) electrons. The predicted octanol–water partition coefficient (Wildman–Crippen LogP) is 0.191. The van der Waals surface area contributed by atoms with Gasteiger partial charge in [-0.15, -0.1) is 10.2 Å². The lowest BCUT2D eigenvalue weighted by atomic mass is 10.2. The van der Waals surface area contributed by atoms with Crippen LogP contribution in [-0.4, -0.2) is 44.4 Å². The summed E-state index contributed by atoms with van der Waals surface area (Å²) < 4.78 is 9.77. The number of carbonyl (C=O) groups excluding carboxylic acids is 2. The van der Waals surface area contributed by atoms with Crippen molar-refractivity contribution in [1.82, 2.24) is 20.2 Å². The SMILES string of the molecule is CCOC(=O)c1nnn(CC(=O)OC(C)(C)C)n1. The summed E-state index contributed by atoms with van der Waals surface area (Å²) >= 11 is 0. The highest BCUT2D eigenvalue weighted by Crippen LogP contribution is 2.07. The van der Waals surface area contributed by atoms with E-state index in [2.05, 4.69) is 15.4 Å². The Hall–Kier alpha value is -1.99. The van der Waals surface area contributed by atoms with Crippen LogP contribution in [0, 0.1) is 0 Å². The number of hydrogen-bond acceptors (Lipinski definition) is 7. The Morgan fingerprint density at radius 3 is 2.56 bits per heavy atom. The van der Waals surface area contributed by atoms with Crippen molar-refractivity contribution in [1.29, 1.82) is 0 Å². The lowest BCUT2D eigenvalue weighted by molar-refractivity contribution is -0.156. The van der Waals surface area contributed by atoms with Gasteiger partial charge in [0.05, 0.1) is 6.61 Å². The van der Waals surface area contributed by atoms with Crippen LogP contribution in [0.2, 0.25) is 0 Å². The molecule has 1 aromatic rings. The molecule has 0 aliphatic rings. The third-order valence-corrected chi connectivity index (χ3v) is 1.60. The second-order valence-electron chi connectivity index (χ2n) is 4.45. The first kappa shape index (κ1) is 14.1. The number of tetrazole rings is 1. The van der Waals surface area contributed by atoms with Crippen molar-refractivity contribution in [3.05, 3.63) is 5.82 Å². The number of rotatable bonds is 4. The maximum atomic E-state index is 11.5. The van der Waals surface area contributed by atoms with E-state index in [0.29, 0.717) is 0 Å². The fourth-order valence-corrected chi connectivity index (χ4v) is 1.08. The fraction of sp³-hybridized carbons (Fsp3) is 0.700. The van der Waals surface area contributed by atoms with Gasteiger partial charge in [-0.1, -0.05) is 0 Å². The van der Waals surface area contributed by atoms with Crippen molar-refractivity contribution in [3.63, 3.8) is 0 Å². The fourth-order valence-electron chi connectivity index (χ4n) is 1.08. The molecule has 0 saturated heterocycles. The summed E-state index contributed by atoms with van der Waals surface area (Å²) in [6.45, 7) is 6.95. The van der Waals surface area contributed by atoms with Crippen molar-refractivity contribution in [2.75, 3.05) is 6.61 Å². The lowest BCUT2D eigenvalue weighted by Gasteiger charge is -2.18. The highest BCUT2D eigenvalue weighted by atomic mass is 16.6. The van der Waals surface area contributed by atoms with Crippen molar-refractivity contribution in [2.24, 2.45) is 0 Å². The largest absolute Gasteiger partial charge is 0.460 e. The zero-order valence-corrected chi connectivity index (χ0v) is 10.8. The average Bonchev–Trinajstić information content (AvgIpc) is 2.63.